The second-order valence-corrected chi connectivity index (χ2v) is 4.59. The van der Waals surface area contributed by atoms with Gasteiger partial charge >= 0.3 is 0 Å². The summed E-state index contributed by atoms with van der Waals surface area (Å²) in [5, 5.41) is 12.3. The highest BCUT2D eigenvalue weighted by molar-refractivity contribution is 7.10. The van der Waals surface area contributed by atoms with E-state index in [-0.39, 0.29) is 0 Å². The van der Waals surface area contributed by atoms with E-state index in [0.717, 1.165) is 16.0 Å². The van der Waals surface area contributed by atoms with Crippen molar-refractivity contribution in [2.45, 2.75) is 19.4 Å². The predicted molar refractivity (Wildman–Crippen MR) is 56.4 cm³/mol. The van der Waals surface area contributed by atoms with Gasteiger partial charge in [0.25, 0.3) is 0 Å². The smallest absolute Gasteiger partial charge is 0.116 e. The van der Waals surface area contributed by atoms with Gasteiger partial charge < -0.3 is 9.52 Å². The third-order valence-electron chi connectivity index (χ3n) is 2.47. The Bertz CT molecular complexity index is 412. The van der Waals surface area contributed by atoms with Crippen molar-refractivity contribution in [1.29, 1.82) is 0 Å². The van der Waals surface area contributed by atoms with E-state index in [0.29, 0.717) is 0 Å². The third kappa shape index (κ3) is 1.38. The molecule has 2 aromatic rings. The van der Waals surface area contributed by atoms with Crippen LogP contribution in [0.2, 0.25) is 0 Å². The number of furan rings is 1. The van der Waals surface area contributed by atoms with Gasteiger partial charge in [0.2, 0.25) is 0 Å². The van der Waals surface area contributed by atoms with Gasteiger partial charge in [-0.25, -0.2) is 0 Å². The fourth-order valence-corrected chi connectivity index (χ4v) is 2.39. The van der Waals surface area contributed by atoms with E-state index in [1.807, 2.05) is 18.4 Å². The summed E-state index contributed by atoms with van der Waals surface area (Å²) in [6.07, 6.45) is 3.16. The summed E-state index contributed by atoms with van der Waals surface area (Å²) in [6.45, 7) is 3.79. The maximum atomic E-state index is 10.4. The highest BCUT2D eigenvalue weighted by atomic mass is 32.1. The summed E-state index contributed by atoms with van der Waals surface area (Å²) in [5.41, 5.74) is 0.791. The Morgan fingerprint density at radius 2 is 2.21 bits per heavy atom. The van der Waals surface area contributed by atoms with Crippen LogP contribution in [0.1, 0.15) is 22.9 Å². The second kappa shape index (κ2) is 3.26. The highest BCUT2D eigenvalue weighted by Gasteiger charge is 2.28. The third-order valence-corrected chi connectivity index (χ3v) is 3.31. The minimum absolute atomic E-state index is 0.791. The summed E-state index contributed by atoms with van der Waals surface area (Å²) in [6, 6.07) is 3.74. The van der Waals surface area contributed by atoms with Gasteiger partial charge in [0.15, 0.2) is 0 Å². The molecule has 0 aliphatic heterocycles. The lowest BCUT2D eigenvalue weighted by Gasteiger charge is -2.21. The van der Waals surface area contributed by atoms with Crippen molar-refractivity contribution in [2.24, 2.45) is 0 Å². The average molecular weight is 208 g/mol. The van der Waals surface area contributed by atoms with Crippen molar-refractivity contribution >= 4 is 11.3 Å². The van der Waals surface area contributed by atoms with Gasteiger partial charge in [-0.3, -0.25) is 0 Å². The van der Waals surface area contributed by atoms with Crippen molar-refractivity contribution in [3.05, 3.63) is 46.0 Å². The molecule has 2 nitrogen and oxygen atoms in total. The van der Waals surface area contributed by atoms with Gasteiger partial charge in [-0.15, -0.1) is 11.3 Å². The molecule has 2 aromatic heterocycles. The van der Waals surface area contributed by atoms with Crippen LogP contribution in [0.4, 0.5) is 0 Å². The molecule has 3 heteroatoms. The molecule has 1 atom stereocenters. The lowest BCUT2D eigenvalue weighted by molar-refractivity contribution is 0.101. The molecule has 0 saturated carbocycles. The Balaban J connectivity index is 2.48. The van der Waals surface area contributed by atoms with Crippen molar-refractivity contribution < 1.29 is 9.52 Å². The monoisotopic (exact) mass is 208 g/mol. The molecular weight excluding hydrogens is 196 g/mol. The quantitative estimate of drug-likeness (QED) is 0.823. The molecule has 1 N–H and O–H groups in total. The zero-order valence-corrected chi connectivity index (χ0v) is 8.97. The van der Waals surface area contributed by atoms with Crippen LogP contribution in [-0.2, 0) is 5.60 Å². The molecule has 0 aliphatic carbocycles. The molecule has 0 amide bonds. The maximum absolute atomic E-state index is 10.4. The largest absolute Gasteiger partial charge is 0.472 e. The molecule has 0 spiro atoms. The van der Waals surface area contributed by atoms with E-state index in [2.05, 4.69) is 0 Å². The average Bonchev–Trinajstić information content (AvgIpc) is 2.72. The molecule has 14 heavy (non-hydrogen) atoms. The molecule has 0 fully saturated rings. The molecule has 2 heterocycles. The van der Waals surface area contributed by atoms with Gasteiger partial charge in [-0.05, 0) is 31.4 Å². The van der Waals surface area contributed by atoms with Crippen LogP contribution in [0.5, 0.6) is 0 Å². The van der Waals surface area contributed by atoms with Crippen LogP contribution in [-0.4, -0.2) is 5.11 Å². The summed E-state index contributed by atoms with van der Waals surface area (Å²) in [4.78, 5) is 1.14. The SMILES string of the molecule is Cc1sccc1C(C)(O)c1ccoc1. The number of hydrogen-bond donors (Lipinski definition) is 1. The lowest BCUT2D eigenvalue weighted by Crippen LogP contribution is -2.22. The van der Waals surface area contributed by atoms with Gasteiger partial charge in [-0.2, -0.15) is 0 Å². The van der Waals surface area contributed by atoms with Crippen LogP contribution in [0.15, 0.2) is 34.5 Å². The van der Waals surface area contributed by atoms with Crippen LogP contribution in [0.25, 0.3) is 0 Å². The van der Waals surface area contributed by atoms with Crippen LogP contribution in [0, 0.1) is 6.92 Å². The molecule has 0 saturated heterocycles. The molecule has 1 unspecified atom stereocenters. The van der Waals surface area contributed by atoms with E-state index in [1.165, 1.54) is 0 Å². The topological polar surface area (TPSA) is 33.4 Å². The molecular formula is C11H12O2S. The Labute approximate surface area is 86.8 Å². The predicted octanol–water partition coefficient (Wildman–Crippen LogP) is 2.91. The van der Waals surface area contributed by atoms with Gasteiger partial charge in [0, 0.05) is 16.0 Å². The number of thiophene rings is 1. The summed E-state index contributed by atoms with van der Waals surface area (Å²) in [7, 11) is 0. The fraction of sp³-hybridized carbons (Fsp3) is 0.273. The Kier molecular flexibility index (Phi) is 2.21. The zero-order valence-electron chi connectivity index (χ0n) is 8.15. The van der Waals surface area contributed by atoms with E-state index in [4.69, 9.17) is 4.42 Å². The summed E-state index contributed by atoms with van der Waals surface area (Å²) < 4.78 is 4.98. The van der Waals surface area contributed by atoms with Gasteiger partial charge in [0.1, 0.15) is 5.60 Å². The lowest BCUT2D eigenvalue weighted by atomic mass is 9.91. The summed E-state index contributed by atoms with van der Waals surface area (Å²) >= 11 is 1.64. The van der Waals surface area contributed by atoms with Crippen molar-refractivity contribution in [2.75, 3.05) is 0 Å². The molecule has 0 aromatic carbocycles. The molecule has 0 bridgehead atoms. The number of rotatable bonds is 2. The summed E-state index contributed by atoms with van der Waals surface area (Å²) in [5.74, 6) is 0. The van der Waals surface area contributed by atoms with Crippen molar-refractivity contribution in [3.8, 4) is 0 Å². The minimum Gasteiger partial charge on any atom is -0.472 e. The first kappa shape index (κ1) is 9.49. The van der Waals surface area contributed by atoms with Gasteiger partial charge in [0.05, 0.1) is 12.5 Å². The van der Waals surface area contributed by atoms with Crippen LogP contribution >= 0.6 is 11.3 Å². The normalized spacial score (nSPS) is 15.4. The van der Waals surface area contributed by atoms with Crippen LogP contribution < -0.4 is 0 Å². The van der Waals surface area contributed by atoms with E-state index >= 15 is 0 Å². The number of aliphatic hydroxyl groups is 1. The van der Waals surface area contributed by atoms with Crippen molar-refractivity contribution in [1.82, 2.24) is 0 Å². The first-order chi connectivity index (χ1) is 6.62. The molecule has 0 aliphatic rings. The van der Waals surface area contributed by atoms with Crippen LogP contribution in [0.3, 0.4) is 0 Å². The first-order valence-corrected chi connectivity index (χ1v) is 5.30. The Morgan fingerprint density at radius 3 is 2.71 bits per heavy atom. The van der Waals surface area contributed by atoms with E-state index in [1.54, 1.807) is 36.9 Å². The minimum atomic E-state index is -0.947. The zero-order chi connectivity index (χ0) is 10.2. The molecule has 0 radical (unpaired) electrons. The Hall–Kier alpha value is -1.06. The second-order valence-electron chi connectivity index (χ2n) is 3.47. The standard InChI is InChI=1S/C11H12O2S/c1-8-10(4-6-14-8)11(2,12)9-3-5-13-7-9/h3-7,12H,1-2H3. The van der Waals surface area contributed by atoms with Crippen molar-refractivity contribution in [3.63, 3.8) is 0 Å². The van der Waals surface area contributed by atoms with E-state index in [9.17, 15) is 5.11 Å². The molecule has 74 valence electrons. The first-order valence-electron chi connectivity index (χ1n) is 4.42. The fourth-order valence-electron chi connectivity index (χ4n) is 1.59. The maximum Gasteiger partial charge on any atom is 0.116 e. The highest BCUT2D eigenvalue weighted by Crippen LogP contribution is 2.33. The number of hydrogen-bond acceptors (Lipinski definition) is 3. The molecule has 2 rings (SSSR count). The van der Waals surface area contributed by atoms with Gasteiger partial charge in [-0.1, -0.05) is 0 Å². The van der Waals surface area contributed by atoms with E-state index < -0.39 is 5.60 Å². The number of aryl methyl sites for hydroxylation is 1. The Morgan fingerprint density at radius 1 is 1.43 bits per heavy atom.